The molecule has 2 rings (SSSR count). The Morgan fingerprint density at radius 1 is 1.41 bits per heavy atom. The average Bonchev–Trinajstić information content (AvgIpc) is 2.85. The van der Waals surface area contributed by atoms with Crippen LogP contribution in [0.15, 0.2) is 0 Å². The number of carbonyl (C=O) groups excluding carboxylic acids is 1. The van der Waals surface area contributed by atoms with Gasteiger partial charge in [-0.05, 0) is 25.8 Å². The molecular formula is C13H24N2O2. The lowest BCUT2D eigenvalue weighted by molar-refractivity contribution is -0.136. The van der Waals surface area contributed by atoms with Crippen molar-refractivity contribution in [1.82, 2.24) is 10.2 Å². The van der Waals surface area contributed by atoms with E-state index in [1.54, 1.807) is 0 Å². The highest BCUT2D eigenvalue weighted by molar-refractivity contribution is 5.80. The number of hydrogen-bond acceptors (Lipinski definition) is 3. The highest BCUT2D eigenvalue weighted by Gasteiger charge is 2.39. The Bertz CT molecular complexity index is 283. The van der Waals surface area contributed by atoms with Crippen LogP contribution in [0.2, 0.25) is 0 Å². The van der Waals surface area contributed by atoms with Gasteiger partial charge in [0.15, 0.2) is 0 Å². The number of carbonyl (C=O) groups is 1. The number of amides is 1. The Kier molecular flexibility index (Phi) is 4.05. The fourth-order valence-corrected chi connectivity index (χ4v) is 3.08. The third-order valence-corrected chi connectivity index (χ3v) is 3.93. The summed E-state index contributed by atoms with van der Waals surface area (Å²) in [4.78, 5) is 14.5. The van der Waals surface area contributed by atoms with Gasteiger partial charge in [-0.15, -0.1) is 0 Å². The molecule has 2 aliphatic rings. The van der Waals surface area contributed by atoms with Crippen LogP contribution >= 0.6 is 0 Å². The second kappa shape index (κ2) is 5.36. The van der Waals surface area contributed by atoms with Crippen molar-refractivity contribution in [1.29, 1.82) is 0 Å². The van der Waals surface area contributed by atoms with Crippen LogP contribution < -0.4 is 5.32 Å². The minimum atomic E-state index is 0.0164. The van der Waals surface area contributed by atoms with Crippen molar-refractivity contribution < 1.29 is 9.53 Å². The summed E-state index contributed by atoms with van der Waals surface area (Å²) in [5.41, 5.74) is 0. The molecule has 0 aromatic heterocycles. The second-order valence-electron chi connectivity index (χ2n) is 5.49. The molecule has 4 heteroatoms. The van der Waals surface area contributed by atoms with Crippen molar-refractivity contribution in [2.24, 2.45) is 11.8 Å². The molecule has 4 unspecified atom stereocenters. The van der Waals surface area contributed by atoms with E-state index >= 15 is 0 Å². The number of nitrogens with one attached hydrogen (secondary N) is 1. The minimum Gasteiger partial charge on any atom is -0.379 e. The van der Waals surface area contributed by atoms with Crippen molar-refractivity contribution >= 4 is 5.91 Å². The van der Waals surface area contributed by atoms with Crippen LogP contribution in [0.4, 0.5) is 0 Å². The van der Waals surface area contributed by atoms with E-state index in [0.717, 1.165) is 19.5 Å². The lowest BCUT2D eigenvalue weighted by Gasteiger charge is -2.27. The van der Waals surface area contributed by atoms with E-state index in [-0.39, 0.29) is 17.9 Å². The molecule has 0 aromatic rings. The van der Waals surface area contributed by atoms with Crippen molar-refractivity contribution in [3.63, 3.8) is 0 Å². The molecule has 0 saturated carbocycles. The van der Waals surface area contributed by atoms with Gasteiger partial charge in [-0.1, -0.05) is 13.8 Å². The molecular weight excluding hydrogens is 216 g/mol. The van der Waals surface area contributed by atoms with Crippen molar-refractivity contribution in [2.75, 3.05) is 26.3 Å². The molecule has 4 atom stereocenters. The van der Waals surface area contributed by atoms with Gasteiger partial charge in [0, 0.05) is 18.6 Å². The average molecular weight is 240 g/mol. The van der Waals surface area contributed by atoms with Gasteiger partial charge >= 0.3 is 0 Å². The molecule has 0 aromatic carbocycles. The normalized spacial score (nSPS) is 37.7. The zero-order valence-electron chi connectivity index (χ0n) is 11.1. The minimum absolute atomic E-state index is 0.0164. The number of likely N-dealkylation sites (N-methyl/N-ethyl adjacent to an activating group) is 1. The first-order valence-corrected chi connectivity index (χ1v) is 6.75. The summed E-state index contributed by atoms with van der Waals surface area (Å²) >= 11 is 0. The first-order valence-electron chi connectivity index (χ1n) is 6.75. The summed E-state index contributed by atoms with van der Waals surface area (Å²) in [5, 5.41) is 3.35. The van der Waals surface area contributed by atoms with Gasteiger partial charge in [0.25, 0.3) is 0 Å². The Labute approximate surface area is 104 Å². The molecule has 0 radical (unpaired) electrons. The van der Waals surface area contributed by atoms with Crippen LogP contribution in [-0.2, 0) is 9.53 Å². The predicted molar refractivity (Wildman–Crippen MR) is 66.7 cm³/mol. The molecule has 98 valence electrons. The lowest BCUT2D eigenvalue weighted by atomic mass is 10.0. The molecule has 17 heavy (non-hydrogen) atoms. The highest BCUT2D eigenvalue weighted by Crippen LogP contribution is 2.26. The van der Waals surface area contributed by atoms with E-state index in [4.69, 9.17) is 4.74 Å². The van der Waals surface area contributed by atoms with E-state index in [2.05, 4.69) is 26.1 Å². The van der Waals surface area contributed by atoms with Gasteiger partial charge in [-0.3, -0.25) is 4.79 Å². The van der Waals surface area contributed by atoms with Crippen molar-refractivity contribution in [2.45, 2.75) is 39.3 Å². The van der Waals surface area contributed by atoms with Gasteiger partial charge in [0.1, 0.15) is 0 Å². The van der Waals surface area contributed by atoms with Crippen molar-refractivity contribution in [3.05, 3.63) is 0 Å². The zero-order chi connectivity index (χ0) is 12.4. The van der Waals surface area contributed by atoms with Crippen LogP contribution in [0.5, 0.6) is 0 Å². The van der Waals surface area contributed by atoms with Gasteiger partial charge < -0.3 is 15.0 Å². The molecule has 0 aliphatic carbocycles. The smallest absolute Gasteiger partial charge is 0.229 e. The van der Waals surface area contributed by atoms with E-state index in [1.807, 2.05) is 4.90 Å². The van der Waals surface area contributed by atoms with Crippen molar-refractivity contribution in [3.8, 4) is 0 Å². The number of rotatable bonds is 3. The van der Waals surface area contributed by atoms with Gasteiger partial charge in [-0.25, -0.2) is 0 Å². The van der Waals surface area contributed by atoms with Crippen LogP contribution in [0.3, 0.4) is 0 Å². The van der Waals surface area contributed by atoms with Crippen LogP contribution in [0.25, 0.3) is 0 Å². The molecule has 1 amide bonds. The number of likely N-dealkylation sites (tertiary alicyclic amines) is 1. The lowest BCUT2D eigenvalue weighted by Crippen LogP contribution is -2.46. The monoisotopic (exact) mass is 240 g/mol. The summed E-state index contributed by atoms with van der Waals surface area (Å²) < 4.78 is 5.46. The van der Waals surface area contributed by atoms with E-state index in [1.165, 1.54) is 0 Å². The maximum Gasteiger partial charge on any atom is 0.229 e. The fraction of sp³-hybridized carbons (Fsp3) is 0.923. The van der Waals surface area contributed by atoms with Gasteiger partial charge in [-0.2, -0.15) is 0 Å². The Morgan fingerprint density at radius 2 is 2.18 bits per heavy atom. The number of ether oxygens (including phenoxy) is 1. The Hall–Kier alpha value is -0.610. The summed E-state index contributed by atoms with van der Waals surface area (Å²) in [6.45, 7) is 9.49. The van der Waals surface area contributed by atoms with Crippen LogP contribution in [-0.4, -0.2) is 49.2 Å². The SMILES string of the molecule is CCNC1COCC1C(=O)N1CC(C)CC1C. The predicted octanol–water partition coefficient (Wildman–Crippen LogP) is 0.868. The third-order valence-electron chi connectivity index (χ3n) is 3.93. The fourth-order valence-electron chi connectivity index (χ4n) is 3.08. The maximum absolute atomic E-state index is 12.5. The molecule has 2 saturated heterocycles. The molecule has 2 aliphatic heterocycles. The first-order chi connectivity index (χ1) is 8.13. The highest BCUT2D eigenvalue weighted by atomic mass is 16.5. The molecule has 0 spiro atoms. The van der Waals surface area contributed by atoms with E-state index < -0.39 is 0 Å². The molecule has 1 N–H and O–H groups in total. The Morgan fingerprint density at radius 3 is 2.76 bits per heavy atom. The van der Waals surface area contributed by atoms with Gasteiger partial charge in [0.2, 0.25) is 5.91 Å². The van der Waals surface area contributed by atoms with Crippen LogP contribution in [0.1, 0.15) is 27.2 Å². The van der Waals surface area contributed by atoms with Gasteiger partial charge in [0.05, 0.1) is 19.1 Å². The molecule has 4 nitrogen and oxygen atoms in total. The standard InChI is InChI=1S/C13H24N2O2/c1-4-14-12-8-17-7-11(12)13(16)15-6-9(2)5-10(15)3/h9-12,14H,4-8H2,1-3H3. The summed E-state index contributed by atoms with van der Waals surface area (Å²) in [6, 6.07) is 0.594. The third kappa shape index (κ3) is 2.63. The summed E-state index contributed by atoms with van der Waals surface area (Å²) in [7, 11) is 0. The van der Waals surface area contributed by atoms with E-state index in [9.17, 15) is 4.79 Å². The molecule has 0 bridgehead atoms. The topological polar surface area (TPSA) is 41.6 Å². The first kappa shape index (κ1) is 12.8. The second-order valence-corrected chi connectivity index (χ2v) is 5.49. The van der Waals surface area contributed by atoms with E-state index in [0.29, 0.717) is 25.2 Å². The summed E-state index contributed by atoms with van der Waals surface area (Å²) in [5.74, 6) is 0.932. The quantitative estimate of drug-likeness (QED) is 0.796. The Balaban J connectivity index is 1.99. The molecule has 2 heterocycles. The number of nitrogens with zero attached hydrogens (tertiary/aromatic N) is 1. The molecule has 2 fully saturated rings. The zero-order valence-corrected chi connectivity index (χ0v) is 11.1. The maximum atomic E-state index is 12.5. The number of hydrogen-bond donors (Lipinski definition) is 1. The van der Waals surface area contributed by atoms with Crippen LogP contribution in [0, 0.1) is 11.8 Å². The largest absolute Gasteiger partial charge is 0.379 e. The summed E-state index contributed by atoms with van der Waals surface area (Å²) in [6.07, 6.45) is 1.13.